The van der Waals surface area contributed by atoms with Gasteiger partial charge in [0.2, 0.25) is 0 Å². The number of hydrogen-bond donors (Lipinski definition) is 2. The Morgan fingerprint density at radius 3 is 1.71 bits per heavy atom. The Morgan fingerprint density at radius 2 is 1.19 bits per heavy atom. The van der Waals surface area contributed by atoms with Gasteiger partial charge in [-0.15, -0.1) is 12.6 Å². The van der Waals surface area contributed by atoms with Crippen LogP contribution in [0.15, 0.2) is 89.8 Å². The van der Waals surface area contributed by atoms with Crippen LogP contribution in [0.5, 0.6) is 5.75 Å². The van der Waals surface area contributed by atoms with E-state index in [2.05, 4.69) is 18.7 Å². The molecule has 0 saturated heterocycles. The highest BCUT2D eigenvalue weighted by atomic mass is 32.1. The first kappa shape index (κ1) is 15.2. The lowest BCUT2D eigenvalue weighted by atomic mass is 10.1. The molecule has 0 atom stereocenters. The molecule has 0 bridgehead atoms. The number of phenolic OH excluding ortho intramolecular Hbond substituents is 1. The number of aromatic hydroxyl groups is 1. The number of thiol groups is 1. The van der Waals surface area contributed by atoms with E-state index < -0.39 is 0 Å². The maximum Gasteiger partial charge on any atom is 0.115 e. The number of phenols is 1. The number of benzene rings is 3. The van der Waals surface area contributed by atoms with Gasteiger partial charge in [-0.1, -0.05) is 66.7 Å². The summed E-state index contributed by atoms with van der Waals surface area (Å²) < 4.78 is 0. The van der Waals surface area contributed by atoms with Crippen LogP contribution in [0, 0.1) is 0 Å². The second kappa shape index (κ2) is 8.18. The predicted octanol–water partition coefficient (Wildman–Crippen LogP) is 4.96. The second-order valence-electron chi connectivity index (χ2n) is 4.63. The molecule has 1 N–H and O–H groups in total. The molecular formula is C19H18OS. The van der Waals surface area contributed by atoms with Crippen LogP contribution in [0.3, 0.4) is 0 Å². The molecule has 0 spiro atoms. The van der Waals surface area contributed by atoms with Crippen LogP contribution in [0.4, 0.5) is 0 Å². The Morgan fingerprint density at radius 1 is 0.667 bits per heavy atom. The summed E-state index contributed by atoms with van der Waals surface area (Å²) in [5.41, 5.74) is 2.38. The van der Waals surface area contributed by atoms with Gasteiger partial charge in [-0.3, -0.25) is 0 Å². The van der Waals surface area contributed by atoms with Crippen LogP contribution in [0.1, 0.15) is 11.1 Å². The molecule has 106 valence electrons. The van der Waals surface area contributed by atoms with Gasteiger partial charge < -0.3 is 5.11 Å². The second-order valence-corrected chi connectivity index (χ2v) is 5.11. The molecule has 0 amide bonds. The largest absolute Gasteiger partial charge is 0.508 e. The third-order valence-electron chi connectivity index (χ3n) is 2.99. The summed E-state index contributed by atoms with van der Waals surface area (Å²) in [7, 11) is 0. The van der Waals surface area contributed by atoms with Crippen LogP contribution in [0.2, 0.25) is 0 Å². The molecule has 0 aromatic heterocycles. The fourth-order valence-corrected chi connectivity index (χ4v) is 2.12. The van der Waals surface area contributed by atoms with Gasteiger partial charge in [-0.25, -0.2) is 0 Å². The Bertz CT molecular complexity index is 621. The third-order valence-corrected chi connectivity index (χ3v) is 3.43. The first-order chi connectivity index (χ1) is 10.3. The monoisotopic (exact) mass is 294 g/mol. The van der Waals surface area contributed by atoms with Gasteiger partial charge in [-0.05, 0) is 35.7 Å². The van der Waals surface area contributed by atoms with Crippen molar-refractivity contribution >= 4 is 12.6 Å². The zero-order valence-corrected chi connectivity index (χ0v) is 12.6. The van der Waals surface area contributed by atoms with E-state index in [1.807, 2.05) is 66.7 Å². The van der Waals surface area contributed by atoms with E-state index in [-0.39, 0.29) is 0 Å². The fraction of sp³-hybridized carbons (Fsp3) is 0.0526. The van der Waals surface area contributed by atoms with Crippen molar-refractivity contribution in [2.45, 2.75) is 11.3 Å². The lowest BCUT2D eigenvalue weighted by molar-refractivity contribution is 0.475. The van der Waals surface area contributed by atoms with Crippen LogP contribution < -0.4 is 0 Å². The van der Waals surface area contributed by atoms with Crippen LogP contribution >= 0.6 is 12.6 Å². The van der Waals surface area contributed by atoms with Crippen molar-refractivity contribution in [2.24, 2.45) is 0 Å². The van der Waals surface area contributed by atoms with E-state index in [1.54, 1.807) is 12.1 Å². The van der Waals surface area contributed by atoms with Crippen molar-refractivity contribution in [3.8, 4) is 5.75 Å². The molecule has 3 aromatic rings. The maximum atomic E-state index is 9.16. The van der Waals surface area contributed by atoms with Crippen LogP contribution in [-0.4, -0.2) is 5.11 Å². The minimum absolute atomic E-state index is 0.304. The van der Waals surface area contributed by atoms with E-state index in [1.165, 1.54) is 11.1 Å². The first-order valence-corrected chi connectivity index (χ1v) is 7.25. The lowest BCUT2D eigenvalue weighted by Gasteiger charge is -2.04. The van der Waals surface area contributed by atoms with Crippen LogP contribution in [-0.2, 0) is 6.42 Å². The van der Waals surface area contributed by atoms with Gasteiger partial charge in [0.25, 0.3) is 0 Å². The molecule has 0 saturated carbocycles. The van der Waals surface area contributed by atoms with E-state index in [4.69, 9.17) is 5.11 Å². The van der Waals surface area contributed by atoms with Gasteiger partial charge in [0.1, 0.15) is 5.75 Å². The van der Waals surface area contributed by atoms with Gasteiger partial charge in [0.05, 0.1) is 0 Å². The van der Waals surface area contributed by atoms with E-state index in [9.17, 15) is 0 Å². The molecule has 21 heavy (non-hydrogen) atoms. The van der Waals surface area contributed by atoms with Crippen molar-refractivity contribution in [3.05, 3.63) is 96.1 Å². The molecule has 0 fully saturated rings. The Hall–Kier alpha value is -2.19. The normalized spacial score (nSPS) is 9.57. The average molecular weight is 294 g/mol. The molecule has 0 radical (unpaired) electrons. The Kier molecular flexibility index (Phi) is 5.92. The van der Waals surface area contributed by atoms with Gasteiger partial charge >= 0.3 is 0 Å². The number of hydrogen-bond acceptors (Lipinski definition) is 2. The van der Waals surface area contributed by atoms with Crippen molar-refractivity contribution in [3.63, 3.8) is 0 Å². The smallest absolute Gasteiger partial charge is 0.115 e. The minimum atomic E-state index is 0.304. The fourth-order valence-electron chi connectivity index (χ4n) is 1.88. The van der Waals surface area contributed by atoms with Gasteiger partial charge in [0.15, 0.2) is 0 Å². The molecule has 0 aliphatic heterocycles. The summed E-state index contributed by atoms with van der Waals surface area (Å²) in [6.07, 6.45) is 0.847. The van der Waals surface area contributed by atoms with Crippen molar-refractivity contribution in [2.75, 3.05) is 0 Å². The summed E-state index contributed by atoms with van der Waals surface area (Å²) >= 11 is 4.40. The lowest BCUT2D eigenvalue weighted by Crippen LogP contribution is -1.88. The van der Waals surface area contributed by atoms with E-state index in [0.717, 1.165) is 11.3 Å². The summed E-state index contributed by atoms with van der Waals surface area (Å²) in [6.45, 7) is 0. The summed E-state index contributed by atoms with van der Waals surface area (Å²) in [5.74, 6) is 0.304. The highest BCUT2D eigenvalue weighted by Gasteiger charge is 1.99. The van der Waals surface area contributed by atoms with Gasteiger partial charge in [-0.2, -0.15) is 0 Å². The number of rotatable bonds is 2. The minimum Gasteiger partial charge on any atom is -0.508 e. The molecule has 0 unspecified atom stereocenters. The third kappa shape index (κ3) is 5.36. The Labute approximate surface area is 131 Å². The molecular weight excluding hydrogens is 276 g/mol. The van der Waals surface area contributed by atoms with Crippen LogP contribution in [0.25, 0.3) is 0 Å². The van der Waals surface area contributed by atoms with E-state index in [0.29, 0.717) is 5.75 Å². The zero-order chi connectivity index (χ0) is 14.9. The molecule has 2 heteroatoms. The molecule has 0 heterocycles. The van der Waals surface area contributed by atoms with Gasteiger partial charge in [0, 0.05) is 4.90 Å². The Balaban J connectivity index is 0.000000225. The average Bonchev–Trinajstić information content (AvgIpc) is 2.54. The van der Waals surface area contributed by atoms with Crippen molar-refractivity contribution < 1.29 is 5.11 Å². The molecule has 3 rings (SSSR count). The zero-order valence-electron chi connectivity index (χ0n) is 11.7. The van der Waals surface area contributed by atoms with Crippen molar-refractivity contribution in [1.82, 2.24) is 0 Å². The highest BCUT2D eigenvalue weighted by Crippen LogP contribution is 2.18. The highest BCUT2D eigenvalue weighted by molar-refractivity contribution is 7.80. The quantitative estimate of drug-likeness (QED) is 0.640. The maximum absolute atomic E-state index is 9.16. The van der Waals surface area contributed by atoms with Crippen molar-refractivity contribution in [1.29, 1.82) is 0 Å². The molecule has 0 aliphatic carbocycles. The first-order valence-electron chi connectivity index (χ1n) is 6.80. The SMILES string of the molecule is Oc1ccc(Cc2ccccc2S)cc1.c1ccccc1. The molecule has 0 aliphatic rings. The summed E-state index contributed by atoms with van der Waals surface area (Å²) in [4.78, 5) is 1.01. The summed E-state index contributed by atoms with van der Waals surface area (Å²) in [6, 6.07) is 27.3. The predicted molar refractivity (Wildman–Crippen MR) is 91.0 cm³/mol. The topological polar surface area (TPSA) is 20.2 Å². The molecule has 3 aromatic carbocycles. The van der Waals surface area contributed by atoms with E-state index >= 15 is 0 Å². The molecule has 1 nitrogen and oxygen atoms in total. The standard InChI is InChI=1S/C13H12OS.C6H6/c14-12-7-5-10(6-8-12)9-11-3-1-2-4-13(11)15;1-2-4-6-5-3-1/h1-8,14-15H,9H2;1-6H. The summed E-state index contributed by atoms with van der Waals surface area (Å²) in [5, 5.41) is 9.16.